The predicted molar refractivity (Wildman–Crippen MR) is 131 cm³/mol. The molecule has 0 fully saturated rings. The number of carbonyl (C=O) groups excluding carboxylic acids is 1. The minimum absolute atomic E-state index is 0.0538. The Balaban J connectivity index is 1.55. The Kier molecular flexibility index (Phi) is 5.88. The molecule has 0 spiro atoms. The standard InChI is InChI=1S/C28H30N2O2/c1-6-18(2)20-12-15-25-24(17-20)30-27(32-25)21-8-7-9-23(16-21)29-26(31)19-10-13-22(14-11-19)28(3,4)5/h7-18H,6H2,1-5H3,(H,29,31)/t18-/m0/s1. The highest BCUT2D eigenvalue weighted by Crippen LogP contribution is 2.29. The Morgan fingerprint density at radius 2 is 1.78 bits per heavy atom. The van der Waals surface area contributed by atoms with Crippen molar-refractivity contribution >= 4 is 22.7 Å². The third-order valence-corrected chi connectivity index (χ3v) is 5.97. The fourth-order valence-electron chi connectivity index (χ4n) is 3.67. The van der Waals surface area contributed by atoms with E-state index in [1.54, 1.807) is 0 Å². The fourth-order valence-corrected chi connectivity index (χ4v) is 3.67. The third kappa shape index (κ3) is 4.59. The van der Waals surface area contributed by atoms with Gasteiger partial charge in [-0.3, -0.25) is 4.79 Å². The van der Waals surface area contributed by atoms with Crippen LogP contribution in [0.5, 0.6) is 0 Å². The second kappa shape index (κ2) is 8.62. The van der Waals surface area contributed by atoms with Gasteiger partial charge in [-0.1, -0.05) is 58.9 Å². The summed E-state index contributed by atoms with van der Waals surface area (Å²) in [6, 6.07) is 21.5. The van der Waals surface area contributed by atoms with E-state index in [9.17, 15) is 4.79 Å². The molecule has 0 bridgehead atoms. The summed E-state index contributed by atoms with van der Waals surface area (Å²) in [4.78, 5) is 17.4. The maximum Gasteiger partial charge on any atom is 0.255 e. The second-order valence-corrected chi connectivity index (χ2v) is 9.42. The lowest BCUT2D eigenvalue weighted by Crippen LogP contribution is -2.14. The summed E-state index contributed by atoms with van der Waals surface area (Å²) in [5.74, 6) is 0.890. The van der Waals surface area contributed by atoms with Crippen LogP contribution in [0.15, 0.2) is 71.1 Å². The molecule has 32 heavy (non-hydrogen) atoms. The largest absolute Gasteiger partial charge is 0.436 e. The molecule has 3 aromatic carbocycles. The Bertz CT molecular complexity index is 1250. The highest BCUT2D eigenvalue weighted by atomic mass is 16.3. The van der Waals surface area contributed by atoms with Crippen molar-refractivity contribution in [3.8, 4) is 11.5 Å². The van der Waals surface area contributed by atoms with Gasteiger partial charge in [0, 0.05) is 16.8 Å². The summed E-state index contributed by atoms with van der Waals surface area (Å²) in [6.07, 6.45) is 1.08. The van der Waals surface area contributed by atoms with Crippen molar-refractivity contribution in [2.24, 2.45) is 0 Å². The average Bonchev–Trinajstić information content (AvgIpc) is 3.21. The summed E-state index contributed by atoms with van der Waals surface area (Å²) >= 11 is 0. The number of nitrogens with zero attached hydrogens (tertiary/aromatic N) is 1. The van der Waals surface area contributed by atoms with Crippen molar-refractivity contribution < 1.29 is 9.21 Å². The monoisotopic (exact) mass is 426 g/mol. The van der Waals surface area contributed by atoms with Crippen molar-refractivity contribution in [1.82, 2.24) is 4.98 Å². The smallest absolute Gasteiger partial charge is 0.255 e. The molecular formula is C28H30N2O2. The van der Waals surface area contributed by atoms with E-state index in [0.29, 0.717) is 23.1 Å². The van der Waals surface area contributed by atoms with Gasteiger partial charge in [-0.25, -0.2) is 4.98 Å². The molecule has 0 unspecified atom stereocenters. The Morgan fingerprint density at radius 3 is 2.47 bits per heavy atom. The van der Waals surface area contributed by atoms with Crippen LogP contribution in [-0.4, -0.2) is 10.9 Å². The molecule has 4 aromatic rings. The summed E-state index contributed by atoms with van der Waals surface area (Å²) in [6.45, 7) is 10.9. The van der Waals surface area contributed by atoms with E-state index >= 15 is 0 Å². The topological polar surface area (TPSA) is 55.1 Å². The maximum atomic E-state index is 12.7. The van der Waals surface area contributed by atoms with Crippen LogP contribution in [-0.2, 0) is 5.41 Å². The van der Waals surface area contributed by atoms with Gasteiger partial charge in [0.25, 0.3) is 5.91 Å². The number of aromatic nitrogens is 1. The van der Waals surface area contributed by atoms with Crippen molar-refractivity contribution in [3.05, 3.63) is 83.4 Å². The van der Waals surface area contributed by atoms with E-state index in [-0.39, 0.29) is 11.3 Å². The van der Waals surface area contributed by atoms with Crippen molar-refractivity contribution in [2.75, 3.05) is 5.32 Å². The van der Waals surface area contributed by atoms with Crippen LogP contribution in [0, 0.1) is 0 Å². The maximum absolute atomic E-state index is 12.7. The van der Waals surface area contributed by atoms with Crippen molar-refractivity contribution in [3.63, 3.8) is 0 Å². The van der Waals surface area contributed by atoms with E-state index in [1.165, 1.54) is 11.1 Å². The number of nitrogens with one attached hydrogen (secondary N) is 1. The average molecular weight is 427 g/mol. The van der Waals surface area contributed by atoms with Gasteiger partial charge < -0.3 is 9.73 Å². The lowest BCUT2D eigenvalue weighted by Gasteiger charge is -2.19. The number of hydrogen-bond acceptors (Lipinski definition) is 3. The predicted octanol–water partition coefficient (Wildman–Crippen LogP) is 7.56. The van der Waals surface area contributed by atoms with Crippen LogP contribution in [0.2, 0.25) is 0 Å². The van der Waals surface area contributed by atoms with E-state index in [2.05, 4.69) is 52.1 Å². The minimum Gasteiger partial charge on any atom is -0.436 e. The number of anilines is 1. The van der Waals surface area contributed by atoms with E-state index in [0.717, 1.165) is 23.1 Å². The molecule has 1 amide bonds. The highest BCUT2D eigenvalue weighted by Gasteiger charge is 2.15. The summed E-state index contributed by atoms with van der Waals surface area (Å²) < 4.78 is 5.99. The van der Waals surface area contributed by atoms with Gasteiger partial charge in [0.15, 0.2) is 5.58 Å². The van der Waals surface area contributed by atoms with Gasteiger partial charge in [0.2, 0.25) is 5.89 Å². The number of benzene rings is 3. The summed E-state index contributed by atoms with van der Waals surface area (Å²) in [5, 5.41) is 2.98. The van der Waals surface area contributed by atoms with Crippen molar-refractivity contribution in [2.45, 2.75) is 52.4 Å². The second-order valence-electron chi connectivity index (χ2n) is 9.42. The first-order valence-electron chi connectivity index (χ1n) is 11.2. The first kappa shape index (κ1) is 21.8. The molecule has 4 nitrogen and oxygen atoms in total. The van der Waals surface area contributed by atoms with Crippen LogP contribution in [0.4, 0.5) is 5.69 Å². The zero-order valence-electron chi connectivity index (χ0n) is 19.4. The van der Waals surface area contributed by atoms with Crippen molar-refractivity contribution in [1.29, 1.82) is 0 Å². The zero-order chi connectivity index (χ0) is 22.9. The van der Waals surface area contributed by atoms with Gasteiger partial charge in [-0.2, -0.15) is 0 Å². The number of carbonyl (C=O) groups is 1. The Labute approximate surface area is 189 Å². The molecule has 0 saturated heterocycles. The van der Waals surface area contributed by atoms with Crippen LogP contribution in [0.25, 0.3) is 22.6 Å². The molecule has 0 aliphatic rings. The lowest BCUT2D eigenvalue weighted by molar-refractivity contribution is 0.102. The van der Waals surface area contributed by atoms with Crippen LogP contribution in [0.3, 0.4) is 0 Å². The molecule has 4 heteroatoms. The SMILES string of the molecule is CC[C@H](C)c1ccc2oc(-c3cccc(NC(=O)c4ccc(C(C)(C)C)cc4)c3)nc2c1. The number of oxazole rings is 1. The quantitative estimate of drug-likeness (QED) is 0.358. The Morgan fingerprint density at radius 1 is 1.03 bits per heavy atom. The van der Waals surface area contributed by atoms with Crippen LogP contribution < -0.4 is 5.32 Å². The minimum atomic E-state index is -0.140. The van der Waals surface area contributed by atoms with Gasteiger partial charge in [0.1, 0.15) is 5.52 Å². The van der Waals surface area contributed by atoms with Gasteiger partial charge in [-0.15, -0.1) is 0 Å². The third-order valence-electron chi connectivity index (χ3n) is 5.97. The summed E-state index contributed by atoms with van der Waals surface area (Å²) in [5.41, 5.74) is 6.29. The molecule has 4 rings (SSSR count). The normalized spacial score (nSPS) is 12.7. The first-order chi connectivity index (χ1) is 15.2. The number of hydrogen-bond donors (Lipinski definition) is 1. The molecule has 164 valence electrons. The number of amides is 1. The summed E-state index contributed by atoms with van der Waals surface area (Å²) in [7, 11) is 0. The molecule has 0 aliphatic carbocycles. The number of rotatable bonds is 5. The Hall–Kier alpha value is -3.40. The van der Waals surface area contributed by atoms with E-state index < -0.39 is 0 Å². The first-order valence-corrected chi connectivity index (χ1v) is 11.2. The molecule has 1 atom stereocenters. The molecule has 0 saturated carbocycles. The van der Waals surface area contributed by atoms with E-state index in [1.807, 2.05) is 54.6 Å². The van der Waals surface area contributed by atoms with Gasteiger partial charge >= 0.3 is 0 Å². The molecule has 1 heterocycles. The molecule has 0 aliphatic heterocycles. The van der Waals surface area contributed by atoms with E-state index in [4.69, 9.17) is 9.40 Å². The number of fused-ring (bicyclic) bond motifs is 1. The lowest BCUT2D eigenvalue weighted by atomic mass is 9.87. The molecule has 0 radical (unpaired) electrons. The molecule has 1 N–H and O–H groups in total. The van der Waals surface area contributed by atoms with Gasteiger partial charge in [-0.05, 0) is 71.3 Å². The zero-order valence-corrected chi connectivity index (χ0v) is 19.4. The van der Waals surface area contributed by atoms with Crippen LogP contribution >= 0.6 is 0 Å². The molecular weight excluding hydrogens is 396 g/mol. The van der Waals surface area contributed by atoms with Crippen LogP contribution in [0.1, 0.15) is 68.4 Å². The highest BCUT2D eigenvalue weighted by molar-refractivity contribution is 6.04. The fraction of sp³-hybridized carbons (Fsp3) is 0.286. The van der Waals surface area contributed by atoms with Gasteiger partial charge in [0.05, 0.1) is 0 Å². The molecule has 1 aromatic heterocycles.